The third-order valence-corrected chi connectivity index (χ3v) is 4.36. The van der Waals surface area contributed by atoms with Crippen LogP contribution in [0.3, 0.4) is 0 Å². The Morgan fingerprint density at radius 3 is 2.87 bits per heavy atom. The van der Waals surface area contributed by atoms with Gasteiger partial charge in [0.2, 0.25) is 0 Å². The van der Waals surface area contributed by atoms with Crippen LogP contribution in [0.1, 0.15) is 30.1 Å². The molecule has 0 amide bonds. The van der Waals surface area contributed by atoms with E-state index in [0.29, 0.717) is 35.8 Å². The largest absolute Gasteiger partial charge is 0.383 e. The number of carbonyl (C=O) groups excluding carboxylic acids is 1. The predicted octanol–water partition coefficient (Wildman–Crippen LogP) is 2.56. The number of ketones is 1. The standard InChI is InChI=1S/C16H14ClN5O/c17-10-3-1-2-9(4-10)5-13-14-15(18)19-8-20-16(14)22(21-13)11-6-12(23)7-11/h1-4,8,11H,5-7H2,(H2,18,19,20). The van der Waals surface area contributed by atoms with Gasteiger partial charge in [0.15, 0.2) is 5.65 Å². The Morgan fingerprint density at radius 2 is 2.13 bits per heavy atom. The van der Waals surface area contributed by atoms with Crippen molar-refractivity contribution in [3.63, 3.8) is 0 Å². The van der Waals surface area contributed by atoms with Crippen LogP contribution in [0, 0.1) is 0 Å². The highest BCUT2D eigenvalue weighted by Gasteiger charge is 2.31. The third kappa shape index (κ3) is 2.45. The number of benzene rings is 1. The van der Waals surface area contributed by atoms with Crippen LogP contribution in [0.15, 0.2) is 30.6 Å². The van der Waals surface area contributed by atoms with Gasteiger partial charge < -0.3 is 5.73 Å². The third-order valence-electron chi connectivity index (χ3n) is 4.12. The zero-order valence-corrected chi connectivity index (χ0v) is 13.0. The molecule has 23 heavy (non-hydrogen) atoms. The summed E-state index contributed by atoms with van der Waals surface area (Å²) >= 11 is 6.05. The van der Waals surface area contributed by atoms with Crippen LogP contribution < -0.4 is 5.73 Å². The van der Waals surface area contributed by atoms with Crippen molar-refractivity contribution in [3.8, 4) is 0 Å². The molecule has 0 bridgehead atoms. The maximum absolute atomic E-state index is 11.3. The van der Waals surface area contributed by atoms with Crippen molar-refractivity contribution in [3.05, 3.63) is 46.9 Å². The Balaban J connectivity index is 1.81. The number of carbonyl (C=O) groups is 1. The van der Waals surface area contributed by atoms with Gasteiger partial charge in [-0.3, -0.25) is 4.79 Å². The van der Waals surface area contributed by atoms with Crippen LogP contribution in [0.25, 0.3) is 11.0 Å². The van der Waals surface area contributed by atoms with E-state index in [1.807, 2.05) is 28.9 Å². The van der Waals surface area contributed by atoms with Crippen LogP contribution in [-0.2, 0) is 11.2 Å². The number of Topliss-reactive ketones (excluding diaryl/α,β-unsaturated/α-hetero) is 1. The molecule has 0 saturated heterocycles. The van der Waals surface area contributed by atoms with Gasteiger partial charge in [-0.05, 0) is 17.7 Å². The number of nitrogen functional groups attached to an aromatic ring is 1. The van der Waals surface area contributed by atoms with E-state index in [2.05, 4.69) is 15.1 Å². The maximum atomic E-state index is 11.3. The number of hydrogen-bond acceptors (Lipinski definition) is 5. The molecule has 3 aromatic rings. The van der Waals surface area contributed by atoms with E-state index in [1.54, 1.807) is 0 Å². The number of nitrogens with two attached hydrogens (primary N) is 1. The number of nitrogens with zero attached hydrogens (tertiary/aromatic N) is 4. The summed E-state index contributed by atoms with van der Waals surface area (Å²) in [5.74, 6) is 0.654. The second-order valence-electron chi connectivity index (χ2n) is 5.76. The number of anilines is 1. The maximum Gasteiger partial charge on any atom is 0.163 e. The Labute approximate surface area is 137 Å². The van der Waals surface area contributed by atoms with Crippen LogP contribution in [0.2, 0.25) is 5.02 Å². The van der Waals surface area contributed by atoms with Gasteiger partial charge in [-0.2, -0.15) is 5.10 Å². The average Bonchev–Trinajstić information content (AvgIpc) is 2.84. The lowest BCUT2D eigenvalue weighted by atomic mass is 9.91. The summed E-state index contributed by atoms with van der Waals surface area (Å²) in [6, 6.07) is 7.69. The van der Waals surface area contributed by atoms with Gasteiger partial charge in [0.25, 0.3) is 0 Å². The number of fused-ring (bicyclic) bond motifs is 1. The van der Waals surface area contributed by atoms with Crippen molar-refractivity contribution in [1.82, 2.24) is 19.7 Å². The molecule has 2 aromatic heterocycles. The number of hydrogen-bond donors (Lipinski definition) is 1. The van der Waals surface area contributed by atoms with Crippen molar-refractivity contribution < 1.29 is 4.79 Å². The molecular formula is C16H14ClN5O. The molecule has 1 aliphatic carbocycles. The van der Waals surface area contributed by atoms with E-state index in [1.165, 1.54) is 6.33 Å². The highest BCUT2D eigenvalue weighted by molar-refractivity contribution is 6.30. The molecule has 0 aliphatic heterocycles. The van der Waals surface area contributed by atoms with Crippen LogP contribution in [-0.4, -0.2) is 25.5 Å². The lowest BCUT2D eigenvalue weighted by Crippen LogP contribution is -2.27. The number of halogens is 1. The lowest BCUT2D eigenvalue weighted by Gasteiger charge is -2.24. The first-order chi connectivity index (χ1) is 11.1. The van der Waals surface area contributed by atoms with Crippen LogP contribution >= 0.6 is 11.6 Å². The van der Waals surface area contributed by atoms with E-state index in [4.69, 9.17) is 17.3 Å². The summed E-state index contributed by atoms with van der Waals surface area (Å²) in [4.78, 5) is 19.7. The minimum Gasteiger partial charge on any atom is -0.383 e. The summed E-state index contributed by atoms with van der Waals surface area (Å²) in [6.07, 6.45) is 3.01. The fourth-order valence-corrected chi connectivity index (χ4v) is 3.14. The van der Waals surface area contributed by atoms with Crippen LogP contribution in [0.4, 0.5) is 5.82 Å². The zero-order valence-electron chi connectivity index (χ0n) is 12.2. The molecule has 2 heterocycles. The minimum absolute atomic E-state index is 0.0624. The summed E-state index contributed by atoms with van der Waals surface area (Å²) in [6.45, 7) is 0. The molecule has 1 fully saturated rings. The molecule has 1 aliphatic rings. The molecule has 7 heteroatoms. The van der Waals surface area contributed by atoms with Crippen LogP contribution in [0.5, 0.6) is 0 Å². The molecular weight excluding hydrogens is 314 g/mol. The molecule has 4 rings (SSSR count). The SMILES string of the molecule is Nc1ncnc2c1c(Cc1cccc(Cl)c1)nn2C1CC(=O)C1. The van der Waals surface area contributed by atoms with Gasteiger partial charge in [0.1, 0.15) is 17.9 Å². The Hall–Kier alpha value is -2.47. The first-order valence-corrected chi connectivity index (χ1v) is 7.73. The Morgan fingerprint density at radius 1 is 1.30 bits per heavy atom. The van der Waals surface area contributed by atoms with Gasteiger partial charge >= 0.3 is 0 Å². The summed E-state index contributed by atoms with van der Waals surface area (Å²) in [5, 5.41) is 6.11. The smallest absolute Gasteiger partial charge is 0.163 e. The average molecular weight is 328 g/mol. The number of aromatic nitrogens is 4. The topological polar surface area (TPSA) is 86.7 Å². The van der Waals surface area contributed by atoms with Gasteiger partial charge in [-0.25, -0.2) is 14.6 Å². The van der Waals surface area contributed by atoms with Gasteiger partial charge in [-0.15, -0.1) is 0 Å². The molecule has 0 spiro atoms. The van der Waals surface area contributed by atoms with Crippen molar-refractivity contribution >= 4 is 34.2 Å². The molecule has 6 nitrogen and oxygen atoms in total. The summed E-state index contributed by atoms with van der Waals surface area (Å²) in [7, 11) is 0. The van der Waals surface area contributed by atoms with Crippen molar-refractivity contribution in [1.29, 1.82) is 0 Å². The summed E-state index contributed by atoms with van der Waals surface area (Å²) < 4.78 is 1.81. The van der Waals surface area contributed by atoms with E-state index in [9.17, 15) is 4.79 Å². The fraction of sp³-hybridized carbons (Fsp3) is 0.250. The van der Waals surface area contributed by atoms with Gasteiger partial charge in [0.05, 0.1) is 17.1 Å². The quantitative estimate of drug-likeness (QED) is 0.798. The first kappa shape index (κ1) is 14.1. The van der Waals surface area contributed by atoms with E-state index in [-0.39, 0.29) is 11.8 Å². The van der Waals surface area contributed by atoms with Gasteiger partial charge in [0, 0.05) is 24.3 Å². The van der Waals surface area contributed by atoms with E-state index >= 15 is 0 Å². The lowest BCUT2D eigenvalue weighted by molar-refractivity contribution is -0.126. The van der Waals surface area contributed by atoms with Crippen molar-refractivity contribution in [2.75, 3.05) is 5.73 Å². The molecule has 0 unspecified atom stereocenters. The Kier molecular flexibility index (Phi) is 3.27. The van der Waals surface area contributed by atoms with E-state index < -0.39 is 0 Å². The minimum atomic E-state index is 0.0624. The monoisotopic (exact) mass is 327 g/mol. The first-order valence-electron chi connectivity index (χ1n) is 7.35. The second-order valence-corrected chi connectivity index (χ2v) is 6.19. The van der Waals surface area contributed by atoms with Crippen molar-refractivity contribution in [2.24, 2.45) is 0 Å². The molecule has 116 valence electrons. The van der Waals surface area contributed by atoms with Crippen molar-refractivity contribution in [2.45, 2.75) is 25.3 Å². The second kappa shape index (κ2) is 5.31. The summed E-state index contributed by atoms with van der Waals surface area (Å²) in [5.41, 5.74) is 8.57. The normalized spacial score (nSPS) is 15.1. The molecule has 0 atom stereocenters. The zero-order chi connectivity index (χ0) is 16.0. The van der Waals surface area contributed by atoms with Gasteiger partial charge in [-0.1, -0.05) is 23.7 Å². The number of rotatable bonds is 3. The molecule has 1 saturated carbocycles. The molecule has 1 aromatic carbocycles. The molecule has 2 N–H and O–H groups in total. The van der Waals surface area contributed by atoms with E-state index in [0.717, 1.165) is 16.6 Å². The molecule has 0 radical (unpaired) electrons. The highest BCUT2D eigenvalue weighted by atomic mass is 35.5. The highest BCUT2D eigenvalue weighted by Crippen LogP contribution is 2.33. The fourth-order valence-electron chi connectivity index (χ4n) is 2.92. The Bertz CT molecular complexity index is 912. The predicted molar refractivity (Wildman–Crippen MR) is 87.3 cm³/mol.